The van der Waals surface area contributed by atoms with Gasteiger partial charge in [0.05, 0.1) is 18.8 Å². The molecule has 1 saturated carbocycles. The number of likely N-dealkylation sites (N-methyl/N-ethyl adjacent to an activating group) is 1. The predicted molar refractivity (Wildman–Crippen MR) is 147 cm³/mol. The van der Waals surface area contributed by atoms with Gasteiger partial charge in [-0.3, -0.25) is 14.4 Å². The number of hydrogen-bond acceptors (Lipinski definition) is 5. The summed E-state index contributed by atoms with van der Waals surface area (Å²) in [5.74, 6) is 1.09. The van der Waals surface area contributed by atoms with Crippen molar-refractivity contribution in [2.45, 2.75) is 64.5 Å². The Morgan fingerprint density at radius 1 is 1.14 bits per heavy atom. The van der Waals surface area contributed by atoms with E-state index in [9.17, 15) is 4.79 Å². The van der Waals surface area contributed by atoms with Crippen LogP contribution < -0.4 is 4.74 Å². The SMILES string of the molecule is Cc1cc(OC[C@]2(CC(=O)N3CCN(C)CC3)CCCN(Cc3cnn(C4CCCC4)c3)C2)ccc1Cl. The predicted octanol–water partition coefficient (Wildman–Crippen LogP) is 4.79. The van der Waals surface area contributed by atoms with Crippen molar-refractivity contribution in [3.63, 3.8) is 0 Å². The van der Waals surface area contributed by atoms with Gasteiger partial charge in [-0.05, 0) is 70.0 Å². The number of likely N-dealkylation sites (tertiary alicyclic amines) is 1. The Balaban J connectivity index is 1.28. The molecule has 5 rings (SSSR count). The minimum absolute atomic E-state index is 0.215. The molecule has 202 valence electrons. The van der Waals surface area contributed by atoms with E-state index in [0.717, 1.165) is 75.0 Å². The second kappa shape index (κ2) is 11.7. The van der Waals surface area contributed by atoms with Gasteiger partial charge in [-0.2, -0.15) is 5.10 Å². The fourth-order valence-electron chi connectivity index (χ4n) is 6.28. The first-order chi connectivity index (χ1) is 17.9. The number of amides is 1. The lowest BCUT2D eigenvalue weighted by Gasteiger charge is -2.43. The highest BCUT2D eigenvalue weighted by Gasteiger charge is 2.40. The Morgan fingerprint density at radius 3 is 2.68 bits per heavy atom. The van der Waals surface area contributed by atoms with Crippen molar-refractivity contribution >= 4 is 17.5 Å². The van der Waals surface area contributed by atoms with Gasteiger partial charge in [0.25, 0.3) is 0 Å². The highest BCUT2D eigenvalue weighted by atomic mass is 35.5. The number of nitrogens with zero attached hydrogens (tertiary/aromatic N) is 5. The Labute approximate surface area is 226 Å². The minimum Gasteiger partial charge on any atom is -0.493 e. The van der Waals surface area contributed by atoms with Gasteiger partial charge in [-0.25, -0.2) is 0 Å². The van der Waals surface area contributed by atoms with Gasteiger partial charge in [0, 0.05) is 67.9 Å². The lowest BCUT2D eigenvalue weighted by molar-refractivity contribution is -0.137. The van der Waals surface area contributed by atoms with E-state index < -0.39 is 0 Å². The average Bonchev–Trinajstić information content (AvgIpc) is 3.58. The zero-order valence-electron chi connectivity index (χ0n) is 22.5. The molecule has 0 spiro atoms. The van der Waals surface area contributed by atoms with Crippen LogP contribution in [0.4, 0.5) is 0 Å². The smallest absolute Gasteiger partial charge is 0.223 e. The van der Waals surface area contributed by atoms with Crippen LogP contribution in [0, 0.1) is 12.3 Å². The van der Waals surface area contributed by atoms with E-state index in [1.165, 1.54) is 31.2 Å². The summed E-state index contributed by atoms with van der Waals surface area (Å²) in [5.41, 5.74) is 2.06. The Kier molecular flexibility index (Phi) is 8.42. The first-order valence-corrected chi connectivity index (χ1v) is 14.4. The molecule has 0 N–H and O–H groups in total. The molecule has 1 aromatic carbocycles. The number of hydrogen-bond donors (Lipinski definition) is 0. The fraction of sp³-hybridized carbons (Fsp3) is 0.655. The molecule has 3 fully saturated rings. The molecule has 2 aromatic rings. The summed E-state index contributed by atoms with van der Waals surface area (Å²) < 4.78 is 8.56. The van der Waals surface area contributed by atoms with Crippen LogP contribution in [0.3, 0.4) is 0 Å². The standard InChI is InChI=1S/C29H42ClN5O2/c1-23-16-26(8-9-27(23)30)37-22-29(17-28(36)34-14-12-32(2)13-15-34)10-5-11-33(21-29)19-24-18-31-35(20-24)25-6-3-4-7-25/h8-9,16,18,20,25H,3-7,10-15,17,19,21-22H2,1-2H3/t29-/m0/s1. The number of halogens is 1. The maximum absolute atomic E-state index is 13.5. The molecule has 1 aliphatic carbocycles. The number of piperidine rings is 1. The van der Waals surface area contributed by atoms with E-state index in [0.29, 0.717) is 19.1 Å². The maximum Gasteiger partial charge on any atom is 0.223 e. The van der Waals surface area contributed by atoms with Crippen LogP contribution >= 0.6 is 11.6 Å². The van der Waals surface area contributed by atoms with Crippen LogP contribution in [0.15, 0.2) is 30.6 Å². The summed E-state index contributed by atoms with van der Waals surface area (Å²) in [6.07, 6.45) is 12.0. The Morgan fingerprint density at radius 2 is 1.92 bits per heavy atom. The number of carbonyl (C=O) groups excluding carboxylic acids is 1. The summed E-state index contributed by atoms with van der Waals surface area (Å²) >= 11 is 6.24. The maximum atomic E-state index is 13.5. The molecule has 3 aliphatic rings. The van der Waals surface area contributed by atoms with Crippen LogP contribution in [-0.4, -0.2) is 83.3 Å². The molecule has 1 amide bonds. The number of rotatable bonds is 8. The highest BCUT2D eigenvalue weighted by molar-refractivity contribution is 6.31. The van der Waals surface area contributed by atoms with E-state index in [-0.39, 0.29) is 11.3 Å². The quantitative estimate of drug-likeness (QED) is 0.494. The van der Waals surface area contributed by atoms with Crippen LogP contribution in [0.1, 0.15) is 62.1 Å². The third-order valence-corrected chi connectivity index (χ3v) is 8.98. The summed E-state index contributed by atoms with van der Waals surface area (Å²) in [4.78, 5) is 20.4. The Bertz CT molecular complexity index is 1060. The second-order valence-electron chi connectivity index (χ2n) is 11.6. The third kappa shape index (κ3) is 6.68. The number of piperazine rings is 1. The average molecular weight is 528 g/mol. The first kappa shape index (κ1) is 26.5. The fourth-order valence-corrected chi connectivity index (χ4v) is 6.39. The van der Waals surface area contributed by atoms with Gasteiger partial charge >= 0.3 is 0 Å². The number of aryl methyl sites for hydroxylation is 1. The van der Waals surface area contributed by atoms with Crippen LogP contribution in [0.25, 0.3) is 0 Å². The van der Waals surface area contributed by atoms with Crippen molar-refractivity contribution in [3.05, 3.63) is 46.7 Å². The molecule has 37 heavy (non-hydrogen) atoms. The van der Waals surface area contributed by atoms with E-state index >= 15 is 0 Å². The molecule has 0 bridgehead atoms. The summed E-state index contributed by atoms with van der Waals surface area (Å²) in [5, 5.41) is 5.44. The van der Waals surface area contributed by atoms with Crippen molar-refractivity contribution in [2.75, 3.05) is 52.9 Å². The monoisotopic (exact) mass is 527 g/mol. The largest absolute Gasteiger partial charge is 0.493 e. The van der Waals surface area contributed by atoms with E-state index in [1.807, 2.05) is 31.3 Å². The topological polar surface area (TPSA) is 53.8 Å². The highest BCUT2D eigenvalue weighted by Crippen LogP contribution is 2.37. The van der Waals surface area contributed by atoms with E-state index in [4.69, 9.17) is 21.4 Å². The number of ether oxygens (including phenoxy) is 1. The molecule has 1 atom stereocenters. The molecule has 7 nitrogen and oxygen atoms in total. The summed E-state index contributed by atoms with van der Waals surface area (Å²) in [6.45, 7) is 8.80. The molecule has 3 heterocycles. The Hall–Kier alpha value is -2.09. The summed E-state index contributed by atoms with van der Waals surface area (Å²) in [6, 6.07) is 6.38. The van der Waals surface area contributed by atoms with Crippen molar-refractivity contribution in [1.82, 2.24) is 24.5 Å². The lowest BCUT2D eigenvalue weighted by atomic mass is 9.77. The van der Waals surface area contributed by atoms with Crippen molar-refractivity contribution in [3.8, 4) is 5.75 Å². The lowest BCUT2D eigenvalue weighted by Crippen LogP contribution is -2.52. The van der Waals surface area contributed by atoms with Gasteiger partial charge in [0.1, 0.15) is 5.75 Å². The van der Waals surface area contributed by atoms with Gasteiger partial charge in [-0.15, -0.1) is 0 Å². The minimum atomic E-state index is -0.215. The number of aromatic nitrogens is 2. The second-order valence-corrected chi connectivity index (χ2v) is 12.0. The van der Waals surface area contributed by atoms with Crippen molar-refractivity contribution in [1.29, 1.82) is 0 Å². The van der Waals surface area contributed by atoms with Gasteiger partial charge in [0.15, 0.2) is 0 Å². The van der Waals surface area contributed by atoms with Crippen LogP contribution in [-0.2, 0) is 11.3 Å². The van der Waals surface area contributed by atoms with E-state index in [2.05, 4.69) is 32.6 Å². The molecule has 0 radical (unpaired) electrons. The van der Waals surface area contributed by atoms with Crippen molar-refractivity contribution < 1.29 is 9.53 Å². The normalized spacial score (nSPS) is 24.0. The van der Waals surface area contributed by atoms with Gasteiger partial charge < -0.3 is 14.5 Å². The third-order valence-electron chi connectivity index (χ3n) is 8.56. The van der Waals surface area contributed by atoms with Crippen LogP contribution in [0.5, 0.6) is 5.75 Å². The molecule has 2 aliphatic heterocycles. The molecule has 8 heteroatoms. The van der Waals surface area contributed by atoms with E-state index in [1.54, 1.807) is 0 Å². The van der Waals surface area contributed by atoms with Crippen molar-refractivity contribution in [2.24, 2.45) is 5.41 Å². The molecular formula is C29H42ClN5O2. The summed E-state index contributed by atoms with van der Waals surface area (Å²) in [7, 11) is 2.12. The van der Waals surface area contributed by atoms with Gasteiger partial charge in [-0.1, -0.05) is 24.4 Å². The molecule has 1 aromatic heterocycles. The zero-order chi connectivity index (χ0) is 25.8. The van der Waals surface area contributed by atoms with Crippen LogP contribution in [0.2, 0.25) is 5.02 Å². The van der Waals surface area contributed by atoms with Gasteiger partial charge in [0.2, 0.25) is 5.91 Å². The number of carbonyl (C=O) groups is 1. The number of benzene rings is 1. The molecular weight excluding hydrogens is 486 g/mol. The molecule has 0 unspecified atom stereocenters. The first-order valence-electron chi connectivity index (χ1n) is 14.0. The molecule has 2 saturated heterocycles. The zero-order valence-corrected chi connectivity index (χ0v) is 23.3.